The van der Waals surface area contributed by atoms with Crippen LogP contribution in [-0.2, 0) is 0 Å². The number of hydrogen-bond donors (Lipinski definition) is 0. The average molecular weight is 251 g/mol. The molecule has 1 atom stereocenters. The van der Waals surface area contributed by atoms with Crippen molar-refractivity contribution in [1.29, 1.82) is 0 Å². The Hall–Kier alpha value is -2.16. The zero-order valence-electron chi connectivity index (χ0n) is 11.0. The Labute approximate surface area is 113 Å². The van der Waals surface area contributed by atoms with Gasteiger partial charge in [0.15, 0.2) is 0 Å². The summed E-state index contributed by atoms with van der Waals surface area (Å²) in [5.74, 6) is 0. The smallest absolute Gasteiger partial charge is 0.0731 e. The number of aromatic nitrogens is 2. The Morgan fingerprint density at radius 1 is 1.11 bits per heavy atom. The van der Waals surface area contributed by atoms with Gasteiger partial charge in [-0.2, -0.15) is 0 Å². The van der Waals surface area contributed by atoms with Crippen LogP contribution in [0.2, 0.25) is 0 Å². The summed E-state index contributed by atoms with van der Waals surface area (Å²) in [6, 6.07) is 6.51. The molecule has 3 nitrogen and oxygen atoms in total. The molecule has 1 aliphatic rings. The van der Waals surface area contributed by atoms with Crippen LogP contribution in [-0.4, -0.2) is 16.5 Å². The van der Waals surface area contributed by atoms with Crippen molar-refractivity contribution in [2.24, 2.45) is 0 Å². The number of pyridine rings is 2. The van der Waals surface area contributed by atoms with Crippen molar-refractivity contribution in [2.45, 2.75) is 19.4 Å². The first-order chi connectivity index (χ1) is 9.40. The van der Waals surface area contributed by atoms with Crippen molar-refractivity contribution >= 4 is 11.8 Å². The van der Waals surface area contributed by atoms with Crippen molar-refractivity contribution in [3.8, 4) is 0 Å². The van der Waals surface area contributed by atoms with E-state index in [-0.39, 0.29) is 6.04 Å². The lowest BCUT2D eigenvalue weighted by Crippen LogP contribution is -2.30. The van der Waals surface area contributed by atoms with Crippen LogP contribution < -0.4 is 4.90 Å². The molecule has 0 radical (unpaired) electrons. The Morgan fingerprint density at radius 2 is 1.89 bits per heavy atom. The Morgan fingerprint density at radius 3 is 2.68 bits per heavy atom. The van der Waals surface area contributed by atoms with E-state index in [4.69, 9.17) is 0 Å². The molecule has 1 unspecified atom stereocenters. The highest BCUT2D eigenvalue weighted by atomic mass is 15.2. The molecule has 3 rings (SSSR count). The third-order valence-corrected chi connectivity index (χ3v) is 3.45. The van der Waals surface area contributed by atoms with E-state index >= 15 is 0 Å². The summed E-state index contributed by atoms with van der Waals surface area (Å²) in [6.45, 7) is 3.23. The van der Waals surface area contributed by atoms with E-state index in [2.05, 4.69) is 52.1 Å². The van der Waals surface area contributed by atoms with Crippen LogP contribution >= 0.6 is 0 Å². The Kier molecular flexibility index (Phi) is 3.27. The van der Waals surface area contributed by atoms with Gasteiger partial charge in [0.05, 0.1) is 17.9 Å². The van der Waals surface area contributed by atoms with Crippen molar-refractivity contribution in [3.63, 3.8) is 0 Å². The lowest BCUT2D eigenvalue weighted by Gasteiger charge is -2.35. The maximum absolute atomic E-state index is 4.27. The first-order valence-electron chi connectivity index (χ1n) is 6.69. The third kappa shape index (κ3) is 2.24. The van der Waals surface area contributed by atoms with Crippen molar-refractivity contribution in [1.82, 2.24) is 9.97 Å². The molecule has 0 N–H and O–H groups in total. The van der Waals surface area contributed by atoms with E-state index in [1.54, 1.807) is 0 Å². The molecule has 96 valence electrons. The summed E-state index contributed by atoms with van der Waals surface area (Å²) >= 11 is 0. The van der Waals surface area contributed by atoms with Gasteiger partial charge in [0, 0.05) is 30.7 Å². The van der Waals surface area contributed by atoms with E-state index in [0.29, 0.717) is 0 Å². The van der Waals surface area contributed by atoms with Crippen LogP contribution in [0.15, 0.2) is 49.1 Å². The van der Waals surface area contributed by atoms with Gasteiger partial charge in [0.25, 0.3) is 0 Å². The molecule has 19 heavy (non-hydrogen) atoms. The molecular formula is C16H17N3. The van der Waals surface area contributed by atoms with E-state index in [1.807, 2.05) is 24.8 Å². The highest BCUT2D eigenvalue weighted by molar-refractivity contribution is 5.72. The molecule has 0 amide bonds. The predicted octanol–water partition coefficient (Wildman–Crippen LogP) is 3.46. The maximum Gasteiger partial charge on any atom is 0.0731 e. The fraction of sp³-hybridized carbons (Fsp3) is 0.250. The minimum Gasteiger partial charge on any atom is -0.359 e. The van der Waals surface area contributed by atoms with Gasteiger partial charge < -0.3 is 4.90 Å². The molecule has 0 aromatic carbocycles. The standard InChI is InChI=1S/C16H17N3/c1-2-11-19-15(14-5-8-17-9-6-14)4-3-13-7-10-18-12-16(13)19/h3-10,12,15H,2,11H2,1H3. The highest BCUT2D eigenvalue weighted by Crippen LogP contribution is 2.35. The molecule has 0 spiro atoms. The molecule has 3 heteroatoms. The molecule has 0 bridgehead atoms. The lowest BCUT2D eigenvalue weighted by molar-refractivity contribution is 0.698. The number of hydrogen-bond acceptors (Lipinski definition) is 3. The van der Waals surface area contributed by atoms with Crippen LogP contribution in [0.25, 0.3) is 6.08 Å². The zero-order chi connectivity index (χ0) is 13.1. The lowest BCUT2D eigenvalue weighted by atomic mass is 9.99. The normalized spacial score (nSPS) is 17.3. The number of fused-ring (bicyclic) bond motifs is 1. The van der Waals surface area contributed by atoms with Crippen molar-refractivity contribution < 1.29 is 0 Å². The second-order valence-corrected chi connectivity index (χ2v) is 4.71. The third-order valence-electron chi connectivity index (χ3n) is 3.45. The first kappa shape index (κ1) is 11.9. The molecule has 0 saturated carbocycles. The molecule has 2 aromatic heterocycles. The average Bonchev–Trinajstić information content (AvgIpc) is 2.49. The molecule has 0 aliphatic carbocycles. The molecule has 3 heterocycles. The Balaban J connectivity index is 2.03. The summed E-state index contributed by atoms with van der Waals surface area (Å²) in [4.78, 5) is 10.8. The SMILES string of the molecule is CCCN1c2cnccc2C=CC1c1ccncc1. The van der Waals surface area contributed by atoms with Crippen LogP contribution in [0.1, 0.15) is 30.5 Å². The molecular weight excluding hydrogens is 234 g/mol. The van der Waals surface area contributed by atoms with Crippen LogP contribution in [0.5, 0.6) is 0 Å². The fourth-order valence-electron chi connectivity index (χ4n) is 2.58. The van der Waals surface area contributed by atoms with Gasteiger partial charge in [-0.15, -0.1) is 0 Å². The van der Waals surface area contributed by atoms with Gasteiger partial charge in [-0.1, -0.05) is 19.1 Å². The first-order valence-corrected chi connectivity index (χ1v) is 6.69. The van der Waals surface area contributed by atoms with Gasteiger partial charge >= 0.3 is 0 Å². The van der Waals surface area contributed by atoms with E-state index in [1.165, 1.54) is 16.8 Å². The van der Waals surface area contributed by atoms with Crippen LogP contribution in [0.3, 0.4) is 0 Å². The summed E-state index contributed by atoms with van der Waals surface area (Å²) in [6.07, 6.45) is 13.1. The summed E-state index contributed by atoms with van der Waals surface area (Å²) in [5, 5.41) is 0. The fourth-order valence-corrected chi connectivity index (χ4v) is 2.58. The largest absolute Gasteiger partial charge is 0.359 e. The summed E-state index contributed by atoms with van der Waals surface area (Å²) in [7, 11) is 0. The highest BCUT2D eigenvalue weighted by Gasteiger charge is 2.23. The topological polar surface area (TPSA) is 29.0 Å². The van der Waals surface area contributed by atoms with Crippen molar-refractivity contribution in [3.05, 3.63) is 60.2 Å². The van der Waals surface area contributed by atoms with Crippen LogP contribution in [0, 0.1) is 0 Å². The molecule has 0 fully saturated rings. The van der Waals surface area contributed by atoms with Crippen LogP contribution in [0.4, 0.5) is 5.69 Å². The van der Waals surface area contributed by atoms with Gasteiger partial charge in [0.1, 0.15) is 0 Å². The van der Waals surface area contributed by atoms with Crippen molar-refractivity contribution in [2.75, 3.05) is 11.4 Å². The zero-order valence-corrected chi connectivity index (χ0v) is 11.0. The second kappa shape index (κ2) is 5.22. The predicted molar refractivity (Wildman–Crippen MR) is 77.9 cm³/mol. The van der Waals surface area contributed by atoms with Gasteiger partial charge in [0.2, 0.25) is 0 Å². The quantitative estimate of drug-likeness (QED) is 0.836. The molecule has 2 aromatic rings. The maximum atomic E-state index is 4.27. The number of nitrogens with zero attached hydrogens (tertiary/aromatic N) is 3. The van der Waals surface area contributed by atoms with Gasteiger partial charge in [-0.05, 0) is 30.2 Å². The van der Waals surface area contributed by atoms with E-state index in [9.17, 15) is 0 Å². The summed E-state index contributed by atoms with van der Waals surface area (Å²) < 4.78 is 0. The molecule has 1 aliphatic heterocycles. The number of rotatable bonds is 3. The Bertz CT molecular complexity index is 578. The number of anilines is 1. The van der Waals surface area contributed by atoms with E-state index in [0.717, 1.165) is 13.0 Å². The minimum atomic E-state index is 0.277. The minimum absolute atomic E-state index is 0.277. The van der Waals surface area contributed by atoms with Gasteiger partial charge in [-0.3, -0.25) is 9.97 Å². The molecule has 0 saturated heterocycles. The monoisotopic (exact) mass is 251 g/mol. The second-order valence-electron chi connectivity index (χ2n) is 4.71. The van der Waals surface area contributed by atoms with Gasteiger partial charge in [-0.25, -0.2) is 0 Å². The van der Waals surface area contributed by atoms with E-state index < -0.39 is 0 Å². The summed E-state index contributed by atoms with van der Waals surface area (Å²) in [5.41, 5.74) is 3.73.